The van der Waals surface area contributed by atoms with Crippen LogP contribution >= 0.6 is 23.1 Å². The van der Waals surface area contributed by atoms with Crippen molar-refractivity contribution in [2.24, 2.45) is 0 Å². The molecule has 0 aliphatic rings. The molecule has 5 nitrogen and oxygen atoms in total. The second-order valence-corrected chi connectivity index (χ2v) is 8.88. The molecule has 0 saturated carbocycles. The van der Waals surface area contributed by atoms with Gasteiger partial charge < -0.3 is 4.74 Å². The number of hydrogen-bond acceptors (Lipinski definition) is 6. The Balaban J connectivity index is 1.59. The van der Waals surface area contributed by atoms with Gasteiger partial charge in [-0.25, -0.2) is 4.98 Å². The van der Waals surface area contributed by atoms with Gasteiger partial charge in [-0.2, -0.15) is 8.78 Å². The lowest BCUT2D eigenvalue weighted by Crippen LogP contribution is -2.22. The van der Waals surface area contributed by atoms with E-state index in [1.54, 1.807) is 6.08 Å². The summed E-state index contributed by atoms with van der Waals surface area (Å²) in [5.41, 5.74) is 1.16. The van der Waals surface area contributed by atoms with Crippen molar-refractivity contribution in [3.8, 4) is 16.2 Å². The summed E-state index contributed by atoms with van der Waals surface area (Å²) in [6.07, 6.45) is 1.60. The SMILES string of the molecule is C=CCn1c(SCC(=O)c2ccc(OC(F)F)cc2)nc2sc(-c3ccccc3)cc2c1=O. The average molecular weight is 485 g/mol. The third-order valence-electron chi connectivity index (χ3n) is 4.72. The van der Waals surface area contributed by atoms with Crippen LogP contribution in [0.4, 0.5) is 8.78 Å². The van der Waals surface area contributed by atoms with Gasteiger partial charge in [-0.15, -0.1) is 17.9 Å². The molecule has 168 valence electrons. The number of fused-ring (bicyclic) bond motifs is 1. The first kappa shape index (κ1) is 22.9. The average Bonchev–Trinajstić information content (AvgIpc) is 3.25. The third kappa shape index (κ3) is 5.20. The molecule has 0 radical (unpaired) electrons. The number of benzene rings is 2. The molecule has 33 heavy (non-hydrogen) atoms. The number of halogens is 2. The molecule has 0 saturated heterocycles. The van der Waals surface area contributed by atoms with Crippen LogP contribution in [0.15, 0.2) is 83.3 Å². The Kier molecular flexibility index (Phi) is 7.00. The van der Waals surface area contributed by atoms with E-state index in [9.17, 15) is 18.4 Å². The van der Waals surface area contributed by atoms with Crippen LogP contribution in [0.1, 0.15) is 10.4 Å². The van der Waals surface area contributed by atoms with Crippen molar-refractivity contribution in [3.05, 3.63) is 89.2 Å². The summed E-state index contributed by atoms with van der Waals surface area (Å²) in [6, 6.07) is 17.1. The number of Topliss-reactive ketones (excluding diaryl/α,β-unsaturated/α-hetero) is 1. The number of ether oxygens (including phenoxy) is 1. The van der Waals surface area contributed by atoms with Gasteiger partial charge in [-0.1, -0.05) is 48.2 Å². The minimum atomic E-state index is -2.93. The molecule has 0 aliphatic heterocycles. The largest absolute Gasteiger partial charge is 0.435 e. The van der Waals surface area contributed by atoms with Crippen LogP contribution < -0.4 is 10.3 Å². The number of nitrogens with zero attached hydrogens (tertiary/aromatic N) is 2. The van der Waals surface area contributed by atoms with Gasteiger partial charge in [0.15, 0.2) is 10.9 Å². The highest BCUT2D eigenvalue weighted by Crippen LogP contribution is 2.32. The molecule has 0 unspecified atom stereocenters. The Labute approximate surface area is 196 Å². The summed E-state index contributed by atoms with van der Waals surface area (Å²) in [5.74, 6) is -0.214. The molecule has 9 heteroatoms. The molecule has 0 fully saturated rings. The number of carbonyl (C=O) groups excluding carboxylic acids is 1. The van der Waals surface area contributed by atoms with E-state index in [-0.39, 0.29) is 29.4 Å². The van der Waals surface area contributed by atoms with Crippen molar-refractivity contribution < 1.29 is 18.3 Å². The quantitative estimate of drug-likeness (QED) is 0.128. The summed E-state index contributed by atoms with van der Waals surface area (Å²) >= 11 is 2.57. The third-order valence-corrected chi connectivity index (χ3v) is 6.77. The Hall–Kier alpha value is -3.30. The Morgan fingerprint density at radius 2 is 1.91 bits per heavy atom. The summed E-state index contributed by atoms with van der Waals surface area (Å²) in [4.78, 5) is 31.9. The van der Waals surface area contributed by atoms with Crippen LogP contribution in [-0.2, 0) is 6.54 Å². The number of hydrogen-bond donors (Lipinski definition) is 0. The highest BCUT2D eigenvalue weighted by Gasteiger charge is 2.16. The fourth-order valence-electron chi connectivity index (χ4n) is 3.18. The van der Waals surface area contributed by atoms with E-state index in [2.05, 4.69) is 16.3 Å². The summed E-state index contributed by atoms with van der Waals surface area (Å²) < 4.78 is 30.4. The molecule has 0 spiro atoms. The predicted molar refractivity (Wildman–Crippen MR) is 128 cm³/mol. The van der Waals surface area contributed by atoms with Crippen LogP contribution in [0.5, 0.6) is 5.75 Å². The van der Waals surface area contributed by atoms with Crippen LogP contribution in [0.2, 0.25) is 0 Å². The second-order valence-electron chi connectivity index (χ2n) is 6.91. The zero-order chi connectivity index (χ0) is 23.4. The van der Waals surface area contributed by atoms with Crippen molar-refractivity contribution >= 4 is 39.1 Å². The van der Waals surface area contributed by atoms with Gasteiger partial charge in [-0.05, 0) is 35.9 Å². The number of allylic oxidation sites excluding steroid dienone is 1. The summed E-state index contributed by atoms with van der Waals surface area (Å²) in [5, 5.41) is 0.936. The van der Waals surface area contributed by atoms with E-state index < -0.39 is 6.61 Å². The number of rotatable bonds is 9. The molecule has 0 N–H and O–H groups in total. The molecule has 0 bridgehead atoms. The Morgan fingerprint density at radius 1 is 1.18 bits per heavy atom. The van der Waals surface area contributed by atoms with E-state index in [0.29, 0.717) is 20.9 Å². The molecule has 2 aromatic heterocycles. The minimum Gasteiger partial charge on any atom is -0.435 e. The first-order valence-electron chi connectivity index (χ1n) is 9.88. The van der Waals surface area contributed by atoms with Gasteiger partial charge in [0.2, 0.25) is 0 Å². The lowest BCUT2D eigenvalue weighted by molar-refractivity contribution is -0.0498. The van der Waals surface area contributed by atoms with Crippen molar-refractivity contribution in [3.63, 3.8) is 0 Å². The molecule has 0 aliphatic carbocycles. The maximum atomic E-state index is 13.1. The van der Waals surface area contributed by atoms with Crippen LogP contribution in [0.3, 0.4) is 0 Å². The van der Waals surface area contributed by atoms with Crippen LogP contribution in [-0.4, -0.2) is 27.7 Å². The zero-order valence-corrected chi connectivity index (χ0v) is 18.9. The van der Waals surface area contributed by atoms with Crippen molar-refractivity contribution in [1.82, 2.24) is 9.55 Å². The predicted octanol–water partition coefficient (Wildman–Crippen LogP) is 5.89. The standard InChI is InChI=1S/C24H18F2N2O3S2/c1-2-12-28-22(30)18-13-20(16-6-4-3-5-7-16)33-21(18)27-24(28)32-14-19(29)15-8-10-17(11-9-15)31-23(25)26/h2-11,13,23H,1,12,14H2. The van der Waals surface area contributed by atoms with Gasteiger partial charge in [0.1, 0.15) is 10.6 Å². The van der Waals surface area contributed by atoms with E-state index in [1.807, 2.05) is 36.4 Å². The lowest BCUT2D eigenvalue weighted by atomic mass is 10.1. The molecule has 0 atom stereocenters. The number of thioether (sulfide) groups is 1. The summed E-state index contributed by atoms with van der Waals surface area (Å²) in [7, 11) is 0. The van der Waals surface area contributed by atoms with E-state index in [1.165, 1.54) is 40.2 Å². The number of aromatic nitrogens is 2. The monoisotopic (exact) mass is 484 g/mol. The fourth-order valence-corrected chi connectivity index (χ4v) is 5.16. The maximum absolute atomic E-state index is 13.1. The van der Waals surface area contributed by atoms with E-state index in [4.69, 9.17) is 0 Å². The highest BCUT2D eigenvalue weighted by atomic mass is 32.2. The zero-order valence-electron chi connectivity index (χ0n) is 17.2. The van der Waals surface area contributed by atoms with Gasteiger partial charge in [-0.3, -0.25) is 14.2 Å². The number of ketones is 1. The van der Waals surface area contributed by atoms with Gasteiger partial charge in [0.05, 0.1) is 11.1 Å². The van der Waals surface area contributed by atoms with Crippen molar-refractivity contribution in [2.75, 3.05) is 5.75 Å². The number of alkyl halides is 2. The molecule has 2 heterocycles. The molecule has 4 aromatic rings. The Bertz CT molecular complexity index is 1350. The molecular weight excluding hydrogens is 466 g/mol. The van der Waals surface area contributed by atoms with Crippen molar-refractivity contribution in [2.45, 2.75) is 18.3 Å². The fraction of sp³-hybridized carbons (Fsp3) is 0.125. The maximum Gasteiger partial charge on any atom is 0.387 e. The van der Waals surface area contributed by atoms with Crippen LogP contribution in [0.25, 0.3) is 20.7 Å². The van der Waals surface area contributed by atoms with Crippen LogP contribution in [0, 0.1) is 0 Å². The molecule has 4 rings (SSSR count). The molecular formula is C24H18F2N2O3S2. The minimum absolute atomic E-state index is 0.0203. The normalized spacial score (nSPS) is 11.1. The second kappa shape index (κ2) is 10.1. The van der Waals surface area contributed by atoms with E-state index in [0.717, 1.165) is 22.2 Å². The lowest BCUT2D eigenvalue weighted by Gasteiger charge is -2.10. The Morgan fingerprint density at radius 3 is 2.58 bits per heavy atom. The highest BCUT2D eigenvalue weighted by molar-refractivity contribution is 7.99. The smallest absolute Gasteiger partial charge is 0.387 e. The topological polar surface area (TPSA) is 61.2 Å². The van der Waals surface area contributed by atoms with Crippen molar-refractivity contribution in [1.29, 1.82) is 0 Å². The summed E-state index contributed by atoms with van der Waals surface area (Å²) in [6.45, 7) is 1.05. The molecule has 0 amide bonds. The van der Waals surface area contributed by atoms with Gasteiger partial charge >= 0.3 is 6.61 Å². The van der Waals surface area contributed by atoms with E-state index >= 15 is 0 Å². The number of thiophene rings is 1. The van der Waals surface area contributed by atoms with Gasteiger partial charge in [0, 0.05) is 17.0 Å². The van der Waals surface area contributed by atoms with Gasteiger partial charge in [0.25, 0.3) is 5.56 Å². The molecule has 2 aromatic carbocycles. The first-order chi connectivity index (χ1) is 16.0. The first-order valence-corrected chi connectivity index (χ1v) is 11.7. The number of carbonyl (C=O) groups is 1.